The molecule has 4 N–H and O–H groups in total. The summed E-state index contributed by atoms with van der Waals surface area (Å²) in [7, 11) is -3.67. The molecule has 1 aromatic rings. The van der Waals surface area contributed by atoms with Crippen LogP contribution in [0.1, 0.15) is 33.1 Å². The molecule has 2 atom stereocenters. The number of piperidine rings is 1. The van der Waals surface area contributed by atoms with Crippen LogP contribution in [0.3, 0.4) is 0 Å². The van der Waals surface area contributed by atoms with Gasteiger partial charge >= 0.3 is 0 Å². The molecule has 0 amide bonds. The van der Waals surface area contributed by atoms with Gasteiger partial charge in [-0.2, -0.15) is 0 Å². The molecule has 8 nitrogen and oxygen atoms in total. The highest BCUT2D eigenvalue weighted by Crippen LogP contribution is 2.21. The standard InChI is InChI=1S/C11H20N6O2S/c1-8-4-3-5-9(2)17(8)16-20(18,19)10-6-13-11(15-12)14-7-10/h6-9,16H,3-5,12H2,1-2H3,(H,13,14,15). The second-order valence-electron chi connectivity index (χ2n) is 5.02. The van der Waals surface area contributed by atoms with Crippen LogP contribution in [0.2, 0.25) is 0 Å². The third-order valence-electron chi connectivity index (χ3n) is 3.49. The van der Waals surface area contributed by atoms with Crippen LogP contribution in [-0.4, -0.2) is 35.5 Å². The van der Waals surface area contributed by atoms with Crippen LogP contribution in [0.5, 0.6) is 0 Å². The zero-order valence-corrected chi connectivity index (χ0v) is 12.4. The number of nitrogens with zero attached hydrogens (tertiary/aromatic N) is 3. The summed E-state index contributed by atoms with van der Waals surface area (Å²) < 4.78 is 24.6. The molecule has 1 aliphatic rings. The summed E-state index contributed by atoms with van der Waals surface area (Å²) in [6.45, 7) is 4.02. The first kappa shape index (κ1) is 15.1. The predicted molar refractivity (Wildman–Crippen MR) is 74.8 cm³/mol. The largest absolute Gasteiger partial charge is 0.292 e. The molecule has 1 aliphatic heterocycles. The van der Waals surface area contributed by atoms with E-state index < -0.39 is 10.0 Å². The van der Waals surface area contributed by atoms with Gasteiger partial charge in [-0.1, -0.05) is 6.42 Å². The van der Waals surface area contributed by atoms with E-state index in [1.807, 2.05) is 13.8 Å². The van der Waals surface area contributed by atoms with Crippen molar-refractivity contribution in [1.29, 1.82) is 0 Å². The van der Waals surface area contributed by atoms with E-state index in [0.717, 1.165) is 19.3 Å². The first-order valence-corrected chi connectivity index (χ1v) is 8.02. The minimum atomic E-state index is -3.67. The lowest BCUT2D eigenvalue weighted by atomic mass is 10.0. The van der Waals surface area contributed by atoms with Crippen molar-refractivity contribution in [2.45, 2.75) is 50.1 Å². The molecule has 2 heterocycles. The molecule has 2 rings (SSSR count). The van der Waals surface area contributed by atoms with Crippen molar-refractivity contribution in [1.82, 2.24) is 19.8 Å². The lowest BCUT2D eigenvalue weighted by molar-refractivity contribution is 0.0790. The fourth-order valence-electron chi connectivity index (χ4n) is 2.32. The molecule has 0 radical (unpaired) electrons. The van der Waals surface area contributed by atoms with Crippen LogP contribution in [-0.2, 0) is 10.0 Å². The SMILES string of the molecule is CC1CCCC(C)N1NS(=O)(=O)c1cnc(NN)nc1. The van der Waals surface area contributed by atoms with Gasteiger partial charge in [-0.3, -0.25) is 5.43 Å². The smallest absolute Gasteiger partial charge is 0.256 e. The van der Waals surface area contributed by atoms with Gasteiger partial charge in [0.2, 0.25) is 5.95 Å². The van der Waals surface area contributed by atoms with Gasteiger partial charge in [0, 0.05) is 12.1 Å². The summed E-state index contributed by atoms with van der Waals surface area (Å²) >= 11 is 0. The number of anilines is 1. The van der Waals surface area contributed by atoms with Crippen molar-refractivity contribution in [3.63, 3.8) is 0 Å². The van der Waals surface area contributed by atoms with Crippen molar-refractivity contribution in [3.05, 3.63) is 12.4 Å². The molecular formula is C11H20N6O2S. The highest BCUT2D eigenvalue weighted by molar-refractivity contribution is 7.89. The molecule has 0 aliphatic carbocycles. The van der Waals surface area contributed by atoms with E-state index in [1.165, 1.54) is 12.4 Å². The Bertz CT molecular complexity index is 537. The molecule has 2 unspecified atom stereocenters. The van der Waals surface area contributed by atoms with Crippen LogP contribution in [0.15, 0.2) is 17.3 Å². The summed E-state index contributed by atoms with van der Waals surface area (Å²) in [4.78, 5) is 10.3. The average molecular weight is 300 g/mol. The maximum absolute atomic E-state index is 12.3. The molecule has 0 spiro atoms. The molecule has 0 bridgehead atoms. The van der Waals surface area contributed by atoms with Crippen LogP contribution in [0, 0.1) is 0 Å². The molecule has 0 saturated carbocycles. The number of sulfonamides is 1. The highest BCUT2D eigenvalue weighted by atomic mass is 32.2. The van der Waals surface area contributed by atoms with Gasteiger partial charge in [0.05, 0.1) is 12.4 Å². The van der Waals surface area contributed by atoms with Gasteiger partial charge in [0.25, 0.3) is 10.0 Å². The summed E-state index contributed by atoms with van der Waals surface area (Å²) in [6, 6.07) is 0.332. The first-order valence-electron chi connectivity index (χ1n) is 6.53. The molecule has 0 aromatic carbocycles. The quantitative estimate of drug-likeness (QED) is 0.538. The van der Waals surface area contributed by atoms with Gasteiger partial charge in [-0.15, -0.1) is 4.83 Å². The number of rotatable bonds is 4. The first-order chi connectivity index (χ1) is 9.44. The van der Waals surface area contributed by atoms with Crippen molar-refractivity contribution in [2.75, 3.05) is 5.43 Å². The molecule has 112 valence electrons. The number of hydrazine groups is 2. The van der Waals surface area contributed by atoms with Crippen LogP contribution in [0.4, 0.5) is 5.95 Å². The Morgan fingerprint density at radius 2 is 1.80 bits per heavy atom. The minimum Gasteiger partial charge on any atom is -0.292 e. The third-order valence-corrected chi connectivity index (χ3v) is 4.77. The Hall–Kier alpha value is -1.29. The Morgan fingerprint density at radius 3 is 2.30 bits per heavy atom. The number of hydrogen-bond acceptors (Lipinski definition) is 7. The Labute approximate surface area is 118 Å². The summed E-state index contributed by atoms with van der Waals surface area (Å²) in [6.07, 6.45) is 5.51. The summed E-state index contributed by atoms with van der Waals surface area (Å²) in [5.74, 6) is 5.32. The fourth-order valence-corrected chi connectivity index (χ4v) is 3.45. The van der Waals surface area contributed by atoms with Crippen molar-refractivity contribution in [3.8, 4) is 0 Å². The van der Waals surface area contributed by atoms with Crippen molar-refractivity contribution < 1.29 is 8.42 Å². The number of hydrogen-bond donors (Lipinski definition) is 3. The molecule has 1 saturated heterocycles. The van der Waals surface area contributed by atoms with Crippen LogP contribution in [0.25, 0.3) is 0 Å². The average Bonchev–Trinajstić information content (AvgIpc) is 2.43. The van der Waals surface area contributed by atoms with E-state index in [2.05, 4.69) is 20.2 Å². The van der Waals surface area contributed by atoms with E-state index >= 15 is 0 Å². The van der Waals surface area contributed by atoms with Gasteiger partial charge in [0.15, 0.2) is 0 Å². The summed E-state index contributed by atoms with van der Waals surface area (Å²) in [5, 5.41) is 1.79. The lowest BCUT2D eigenvalue weighted by Gasteiger charge is -2.38. The molecule has 1 aromatic heterocycles. The maximum atomic E-state index is 12.3. The van der Waals surface area contributed by atoms with E-state index in [0.29, 0.717) is 0 Å². The van der Waals surface area contributed by atoms with E-state index in [1.54, 1.807) is 5.01 Å². The van der Waals surface area contributed by atoms with Gasteiger partial charge in [0.1, 0.15) is 4.90 Å². The highest BCUT2D eigenvalue weighted by Gasteiger charge is 2.29. The van der Waals surface area contributed by atoms with E-state index in [4.69, 9.17) is 5.84 Å². The predicted octanol–water partition coefficient (Wildman–Crippen LogP) is 0.218. The second kappa shape index (κ2) is 6.00. The van der Waals surface area contributed by atoms with Crippen LogP contribution >= 0.6 is 0 Å². The topological polar surface area (TPSA) is 113 Å². The fraction of sp³-hybridized carbons (Fsp3) is 0.636. The zero-order valence-electron chi connectivity index (χ0n) is 11.6. The van der Waals surface area contributed by atoms with Gasteiger partial charge in [-0.05, 0) is 26.7 Å². The maximum Gasteiger partial charge on any atom is 0.256 e. The van der Waals surface area contributed by atoms with Crippen molar-refractivity contribution >= 4 is 16.0 Å². The number of aromatic nitrogens is 2. The number of nitrogen functional groups attached to an aromatic ring is 1. The number of nitrogens with two attached hydrogens (primary N) is 1. The molecule has 9 heteroatoms. The Balaban J connectivity index is 2.17. The Kier molecular flexibility index (Phi) is 4.53. The lowest BCUT2D eigenvalue weighted by Crippen LogP contribution is -2.53. The normalized spacial score (nSPS) is 24.6. The second-order valence-corrected chi connectivity index (χ2v) is 6.68. The third kappa shape index (κ3) is 3.23. The van der Waals surface area contributed by atoms with Gasteiger partial charge in [-0.25, -0.2) is 29.2 Å². The van der Waals surface area contributed by atoms with E-state index in [-0.39, 0.29) is 22.9 Å². The van der Waals surface area contributed by atoms with Crippen molar-refractivity contribution in [2.24, 2.45) is 5.84 Å². The molecular weight excluding hydrogens is 280 g/mol. The minimum absolute atomic E-state index is 0.0153. The number of nitrogens with one attached hydrogen (secondary N) is 2. The zero-order chi connectivity index (χ0) is 14.8. The van der Waals surface area contributed by atoms with E-state index in [9.17, 15) is 8.42 Å². The Morgan fingerprint density at radius 1 is 1.25 bits per heavy atom. The van der Waals surface area contributed by atoms with Crippen LogP contribution < -0.4 is 16.1 Å². The monoisotopic (exact) mass is 300 g/mol. The summed E-state index contributed by atoms with van der Waals surface area (Å²) in [5.41, 5.74) is 2.25. The van der Waals surface area contributed by atoms with Gasteiger partial charge < -0.3 is 0 Å². The molecule has 1 fully saturated rings. The molecule has 20 heavy (non-hydrogen) atoms.